The van der Waals surface area contributed by atoms with E-state index in [0.717, 1.165) is 5.56 Å². The van der Waals surface area contributed by atoms with E-state index < -0.39 is 0 Å². The molecule has 0 fully saturated rings. The first-order valence-electron chi connectivity index (χ1n) is 6.26. The molecule has 2 rings (SSSR count). The Morgan fingerprint density at radius 2 is 2.05 bits per heavy atom. The highest BCUT2D eigenvalue weighted by atomic mass is 79.9. The molecule has 1 amide bonds. The maximum atomic E-state index is 12.1. The Labute approximate surface area is 126 Å². The Hall–Kier alpha value is -1.72. The molecule has 0 aliphatic rings. The van der Waals surface area contributed by atoms with Gasteiger partial charge in [0.1, 0.15) is 4.60 Å². The molecule has 2 aromatic rings. The van der Waals surface area contributed by atoms with Crippen molar-refractivity contribution in [2.75, 3.05) is 6.61 Å². The van der Waals surface area contributed by atoms with Crippen molar-refractivity contribution in [3.8, 4) is 0 Å². The van der Waals surface area contributed by atoms with Gasteiger partial charge in [0.25, 0.3) is 5.91 Å². The standard InChI is InChI=1S/C15H15BrN2O2/c16-14-9-12(6-7-17-14)15(20)18-13(10-19)8-11-4-2-1-3-5-11/h1-7,9,13,19H,8,10H2,(H,18,20)/t13-/m0/s1. The average Bonchev–Trinajstić information content (AvgIpc) is 2.47. The van der Waals surface area contributed by atoms with Crippen molar-refractivity contribution in [1.29, 1.82) is 0 Å². The lowest BCUT2D eigenvalue weighted by Crippen LogP contribution is -2.39. The Balaban J connectivity index is 2.01. The van der Waals surface area contributed by atoms with Gasteiger partial charge in [0, 0.05) is 11.8 Å². The van der Waals surface area contributed by atoms with E-state index in [4.69, 9.17) is 0 Å². The summed E-state index contributed by atoms with van der Waals surface area (Å²) in [5.74, 6) is -0.219. The van der Waals surface area contributed by atoms with E-state index >= 15 is 0 Å². The Kier molecular flexibility index (Phi) is 5.26. The minimum Gasteiger partial charge on any atom is -0.394 e. The lowest BCUT2D eigenvalue weighted by Gasteiger charge is -2.16. The van der Waals surface area contributed by atoms with Crippen LogP contribution in [0.25, 0.3) is 0 Å². The van der Waals surface area contributed by atoms with Crippen LogP contribution in [0, 0.1) is 0 Å². The van der Waals surface area contributed by atoms with Crippen molar-refractivity contribution in [3.63, 3.8) is 0 Å². The quantitative estimate of drug-likeness (QED) is 0.824. The molecule has 1 aromatic heterocycles. The number of carbonyl (C=O) groups excluding carboxylic acids is 1. The molecule has 0 aliphatic carbocycles. The number of hydrogen-bond acceptors (Lipinski definition) is 3. The molecule has 1 atom stereocenters. The van der Waals surface area contributed by atoms with Gasteiger partial charge in [0.2, 0.25) is 0 Å². The predicted molar refractivity (Wildman–Crippen MR) is 80.4 cm³/mol. The van der Waals surface area contributed by atoms with Crippen molar-refractivity contribution in [1.82, 2.24) is 10.3 Å². The first-order valence-corrected chi connectivity index (χ1v) is 7.05. The summed E-state index contributed by atoms with van der Waals surface area (Å²) in [7, 11) is 0. The molecule has 0 saturated carbocycles. The minimum absolute atomic E-state index is 0.104. The van der Waals surface area contributed by atoms with Crippen molar-refractivity contribution in [2.24, 2.45) is 0 Å². The highest BCUT2D eigenvalue weighted by Gasteiger charge is 2.13. The molecule has 0 bridgehead atoms. The van der Waals surface area contributed by atoms with Gasteiger partial charge in [0.05, 0.1) is 12.6 Å². The molecule has 104 valence electrons. The van der Waals surface area contributed by atoms with E-state index in [2.05, 4.69) is 26.2 Å². The van der Waals surface area contributed by atoms with E-state index in [1.807, 2.05) is 30.3 Å². The summed E-state index contributed by atoms with van der Waals surface area (Å²) in [6.45, 7) is -0.104. The third-order valence-corrected chi connectivity index (χ3v) is 3.30. The predicted octanol–water partition coefficient (Wildman–Crippen LogP) is 2.18. The van der Waals surface area contributed by atoms with Crippen LogP contribution in [0.1, 0.15) is 15.9 Å². The number of benzene rings is 1. The highest BCUT2D eigenvalue weighted by Crippen LogP contribution is 2.09. The second kappa shape index (κ2) is 7.17. The molecular weight excluding hydrogens is 320 g/mol. The summed E-state index contributed by atoms with van der Waals surface area (Å²) >= 11 is 3.23. The Bertz CT molecular complexity index is 575. The minimum atomic E-state index is -0.308. The van der Waals surface area contributed by atoms with Gasteiger partial charge in [-0.15, -0.1) is 0 Å². The molecule has 0 radical (unpaired) electrons. The molecule has 2 N–H and O–H groups in total. The number of amides is 1. The van der Waals surface area contributed by atoms with Gasteiger partial charge >= 0.3 is 0 Å². The molecule has 0 saturated heterocycles. The fourth-order valence-electron chi connectivity index (χ4n) is 1.87. The van der Waals surface area contributed by atoms with Gasteiger partial charge in [0.15, 0.2) is 0 Å². The van der Waals surface area contributed by atoms with Gasteiger partial charge in [-0.05, 0) is 40.0 Å². The number of aromatic nitrogens is 1. The van der Waals surface area contributed by atoms with Crippen LogP contribution in [0.2, 0.25) is 0 Å². The number of nitrogens with zero attached hydrogens (tertiary/aromatic N) is 1. The second-order valence-corrected chi connectivity index (χ2v) is 5.22. The third-order valence-electron chi connectivity index (χ3n) is 2.87. The number of aliphatic hydroxyl groups is 1. The van der Waals surface area contributed by atoms with Gasteiger partial charge in [-0.1, -0.05) is 30.3 Å². The summed E-state index contributed by atoms with van der Waals surface area (Å²) in [4.78, 5) is 16.1. The number of nitrogens with one attached hydrogen (secondary N) is 1. The highest BCUT2D eigenvalue weighted by molar-refractivity contribution is 9.10. The van der Waals surface area contributed by atoms with Crippen molar-refractivity contribution < 1.29 is 9.90 Å². The van der Waals surface area contributed by atoms with Crippen LogP contribution in [-0.2, 0) is 6.42 Å². The fraction of sp³-hybridized carbons (Fsp3) is 0.200. The molecule has 0 aliphatic heterocycles. The van der Waals surface area contributed by atoms with Crippen LogP contribution in [0.3, 0.4) is 0 Å². The zero-order valence-electron chi connectivity index (χ0n) is 10.8. The van der Waals surface area contributed by atoms with Crippen LogP contribution >= 0.6 is 15.9 Å². The molecule has 1 heterocycles. The zero-order valence-corrected chi connectivity index (χ0v) is 12.4. The molecule has 5 heteroatoms. The maximum Gasteiger partial charge on any atom is 0.251 e. The van der Waals surface area contributed by atoms with Crippen LogP contribution < -0.4 is 5.32 Å². The molecule has 20 heavy (non-hydrogen) atoms. The van der Waals surface area contributed by atoms with Gasteiger partial charge < -0.3 is 10.4 Å². The normalized spacial score (nSPS) is 11.9. The summed E-state index contributed by atoms with van der Waals surface area (Å²) in [6.07, 6.45) is 2.15. The van der Waals surface area contributed by atoms with E-state index in [-0.39, 0.29) is 18.6 Å². The molecular formula is C15H15BrN2O2. The van der Waals surface area contributed by atoms with Crippen LogP contribution in [0.5, 0.6) is 0 Å². The van der Waals surface area contributed by atoms with Gasteiger partial charge in [-0.3, -0.25) is 4.79 Å². The number of carbonyl (C=O) groups is 1. The van der Waals surface area contributed by atoms with E-state index in [1.165, 1.54) is 0 Å². The number of pyridine rings is 1. The number of hydrogen-bond donors (Lipinski definition) is 2. The van der Waals surface area contributed by atoms with E-state index in [1.54, 1.807) is 18.3 Å². The van der Waals surface area contributed by atoms with Crippen LogP contribution in [0.15, 0.2) is 53.3 Å². The molecule has 0 spiro atoms. The maximum absolute atomic E-state index is 12.1. The van der Waals surface area contributed by atoms with Crippen molar-refractivity contribution in [2.45, 2.75) is 12.5 Å². The lowest BCUT2D eigenvalue weighted by molar-refractivity contribution is 0.0916. The van der Waals surface area contributed by atoms with Gasteiger partial charge in [-0.25, -0.2) is 4.98 Å². The smallest absolute Gasteiger partial charge is 0.251 e. The average molecular weight is 335 g/mol. The topological polar surface area (TPSA) is 62.2 Å². The Morgan fingerprint density at radius 3 is 2.70 bits per heavy atom. The van der Waals surface area contributed by atoms with Gasteiger partial charge in [-0.2, -0.15) is 0 Å². The first-order chi connectivity index (χ1) is 9.69. The van der Waals surface area contributed by atoms with Crippen molar-refractivity contribution in [3.05, 3.63) is 64.4 Å². The number of rotatable bonds is 5. The third kappa shape index (κ3) is 4.15. The lowest BCUT2D eigenvalue weighted by atomic mass is 10.1. The largest absolute Gasteiger partial charge is 0.394 e. The van der Waals surface area contributed by atoms with Crippen LogP contribution in [0.4, 0.5) is 0 Å². The second-order valence-electron chi connectivity index (χ2n) is 4.41. The first kappa shape index (κ1) is 14.7. The summed E-state index contributed by atoms with van der Waals surface area (Å²) < 4.78 is 0.605. The van der Waals surface area contributed by atoms with E-state index in [0.29, 0.717) is 16.6 Å². The summed E-state index contributed by atoms with van der Waals surface area (Å²) in [5.41, 5.74) is 1.58. The molecule has 4 nitrogen and oxygen atoms in total. The number of halogens is 1. The Morgan fingerprint density at radius 1 is 1.30 bits per heavy atom. The van der Waals surface area contributed by atoms with E-state index in [9.17, 15) is 9.90 Å². The summed E-state index contributed by atoms with van der Waals surface area (Å²) in [6, 6.07) is 12.7. The SMILES string of the molecule is O=C(N[C@H](CO)Cc1ccccc1)c1ccnc(Br)c1. The fourth-order valence-corrected chi connectivity index (χ4v) is 2.24. The monoisotopic (exact) mass is 334 g/mol. The zero-order chi connectivity index (χ0) is 14.4. The van der Waals surface area contributed by atoms with Crippen LogP contribution in [-0.4, -0.2) is 28.6 Å². The number of aliphatic hydroxyl groups excluding tert-OH is 1. The molecule has 0 unspecified atom stereocenters. The van der Waals surface area contributed by atoms with Crippen molar-refractivity contribution >= 4 is 21.8 Å². The molecule has 1 aromatic carbocycles. The summed E-state index contributed by atoms with van der Waals surface area (Å²) in [5, 5.41) is 12.2.